The number of rotatable bonds is 3. The Labute approximate surface area is 247 Å². The fraction of sp³-hybridized carbons (Fsp3) is 0.467. The maximum atomic E-state index is 9.75. The molecule has 1 aliphatic heterocycles. The van der Waals surface area contributed by atoms with Crippen molar-refractivity contribution in [1.29, 1.82) is 0 Å². The van der Waals surface area contributed by atoms with Crippen LogP contribution in [0.5, 0.6) is 0 Å². The van der Waals surface area contributed by atoms with E-state index in [1.54, 1.807) is 0 Å². The Morgan fingerprint density at radius 1 is 0.413 bits per heavy atom. The predicted molar refractivity (Wildman–Crippen MR) is 133 cm³/mol. The molecule has 0 saturated carbocycles. The number of allylic oxidation sites excluding steroid dienone is 6. The largest absolute Gasteiger partial charge is 0.673 e. The summed E-state index contributed by atoms with van der Waals surface area (Å²) in [6, 6.07) is 0. The summed E-state index contributed by atoms with van der Waals surface area (Å²) in [5.74, 6) is 0. The van der Waals surface area contributed by atoms with E-state index >= 15 is 0 Å². The van der Waals surface area contributed by atoms with Crippen LogP contribution in [0.25, 0.3) is 0 Å². The highest BCUT2D eigenvalue weighted by Gasteiger charge is 2.22. The Balaban J connectivity index is -0.000000101. The maximum Gasteiger partial charge on any atom is 0.673 e. The van der Waals surface area contributed by atoms with Crippen LogP contribution in [0, 0.1) is 0 Å². The summed E-state index contributed by atoms with van der Waals surface area (Å²) in [5.41, 5.74) is 0. The molecule has 0 aromatic heterocycles. The van der Waals surface area contributed by atoms with Crippen molar-refractivity contribution < 1.29 is 104 Å². The van der Waals surface area contributed by atoms with Gasteiger partial charge in [0.15, 0.2) is 0 Å². The first-order valence-electron chi connectivity index (χ1n) is 11.6. The average molecular weight is 738 g/mol. The van der Waals surface area contributed by atoms with E-state index < -0.39 is 43.5 Å². The summed E-state index contributed by atoms with van der Waals surface area (Å²) in [6.45, 7) is 4.53. The van der Waals surface area contributed by atoms with Crippen molar-refractivity contribution in [2.75, 3.05) is 13.1 Å². The summed E-state index contributed by atoms with van der Waals surface area (Å²) < 4.78 is 234. The van der Waals surface area contributed by atoms with Gasteiger partial charge in [0.2, 0.25) is 0 Å². The van der Waals surface area contributed by atoms with E-state index in [4.69, 9.17) is 0 Å². The van der Waals surface area contributed by atoms with E-state index in [1.807, 2.05) is 0 Å². The topological polar surface area (TPSA) is 3.24 Å². The normalized spacial score (nSPS) is 13.8. The van der Waals surface area contributed by atoms with Crippen molar-refractivity contribution in [1.82, 2.24) is 4.90 Å². The molecule has 0 aromatic rings. The summed E-state index contributed by atoms with van der Waals surface area (Å²) in [4.78, 5) is 2.34. The highest BCUT2D eigenvalue weighted by Crippen LogP contribution is 2.09. The zero-order valence-electron chi connectivity index (χ0n) is 22.8. The van der Waals surface area contributed by atoms with Gasteiger partial charge >= 0.3 is 43.5 Å². The lowest BCUT2D eigenvalue weighted by Crippen LogP contribution is -2.19. The zero-order chi connectivity index (χ0) is 38.5. The van der Waals surface area contributed by atoms with E-state index in [0.717, 1.165) is 6.54 Å². The second-order valence-corrected chi connectivity index (χ2v) is 7.02. The summed E-state index contributed by atoms with van der Waals surface area (Å²) in [5, 5.41) is 0. The highest BCUT2D eigenvalue weighted by molar-refractivity contribution is 6.51. The van der Waals surface area contributed by atoms with Crippen molar-refractivity contribution in [3.63, 3.8) is 0 Å². The quantitative estimate of drug-likeness (QED) is 0.206. The van der Waals surface area contributed by atoms with Crippen LogP contribution in [0.3, 0.4) is 0 Å². The van der Waals surface area contributed by atoms with Crippen molar-refractivity contribution in [3.8, 4) is 0 Å². The first kappa shape index (κ1) is 55.8. The van der Waals surface area contributed by atoms with Crippen molar-refractivity contribution in [2.45, 2.75) is 32.6 Å². The molecular formula is C15H23B6F24N-6. The molecule has 0 amide bonds. The molecule has 0 N–H and O–H groups in total. The van der Waals surface area contributed by atoms with Gasteiger partial charge in [0.1, 0.15) is 0 Å². The number of nitrogens with zero attached hydrogens (tertiary/aromatic N) is 1. The van der Waals surface area contributed by atoms with Gasteiger partial charge in [-0.2, -0.15) is 0 Å². The monoisotopic (exact) mass is 739 g/mol. The lowest BCUT2D eigenvalue weighted by molar-refractivity contribution is 0.366. The minimum atomic E-state index is -6.00. The third kappa shape index (κ3) is 284. The number of hydrogen-bond acceptors (Lipinski definition) is 1. The molecule has 46 heavy (non-hydrogen) atoms. The zero-order valence-corrected chi connectivity index (χ0v) is 22.8. The fourth-order valence-electron chi connectivity index (χ4n) is 1.58. The number of unbranched alkanes of at least 4 members (excludes halogenated alkanes) is 1. The van der Waals surface area contributed by atoms with Crippen LogP contribution in [0.15, 0.2) is 48.7 Å². The van der Waals surface area contributed by atoms with Gasteiger partial charge in [-0.25, -0.2) is 0 Å². The number of hydrogen-bond donors (Lipinski definition) is 0. The van der Waals surface area contributed by atoms with Gasteiger partial charge in [0.05, 0.1) is 0 Å². The first-order valence-corrected chi connectivity index (χ1v) is 11.6. The standard InChI is InChI=1S/C9H15N.C6H8.6BF4/c1-2-3-7-10-8-5-4-6-9-10;1-2-4-6-5-3-1;6*2-1(3,4)5/h4-6,8H,2-3,7,9H2,1H3;1-4H,5-6H2;;;;;;/q;;6*-1. The third-order valence-corrected chi connectivity index (χ3v) is 2.57. The smallest absolute Gasteiger partial charge is 0.418 e. The van der Waals surface area contributed by atoms with Crippen LogP contribution in [0.2, 0.25) is 0 Å². The molecule has 0 fully saturated rings. The van der Waals surface area contributed by atoms with Gasteiger partial charge in [0.25, 0.3) is 0 Å². The van der Waals surface area contributed by atoms with Crippen LogP contribution in [-0.2, 0) is 0 Å². The Kier molecular flexibility index (Phi) is 34.8. The molecular weight excluding hydrogens is 715 g/mol. The van der Waals surface area contributed by atoms with E-state index in [-0.39, 0.29) is 0 Å². The minimum absolute atomic E-state index is 1.09. The molecule has 2 aliphatic rings. The molecule has 0 aromatic carbocycles. The molecule has 0 radical (unpaired) electrons. The molecule has 2 rings (SSSR count). The molecule has 0 bridgehead atoms. The molecule has 0 saturated heterocycles. The molecule has 0 atom stereocenters. The SMILES string of the molecule is C1=CCCC=C1.CCCCN1C=CC=CC1.F[B-](F)(F)F.F[B-](F)(F)F.F[B-](F)(F)F.F[B-](F)(F)F.F[B-](F)(F)F.F[B-](F)(F)F. The van der Waals surface area contributed by atoms with Crippen LogP contribution in [0.1, 0.15) is 32.6 Å². The van der Waals surface area contributed by atoms with Gasteiger partial charge in [-0.1, -0.05) is 49.8 Å². The number of halogens is 24. The Morgan fingerprint density at radius 2 is 0.652 bits per heavy atom. The van der Waals surface area contributed by atoms with Gasteiger partial charge in [-0.3, -0.25) is 0 Å². The van der Waals surface area contributed by atoms with E-state index in [9.17, 15) is 104 Å². The summed E-state index contributed by atoms with van der Waals surface area (Å²) >= 11 is 0. The van der Waals surface area contributed by atoms with Gasteiger partial charge in [-0.05, 0) is 31.5 Å². The lowest BCUT2D eigenvalue weighted by Gasteiger charge is -2.19. The summed E-state index contributed by atoms with van der Waals surface area (Å²) in [6.07, 6.45) is 22.1. The van der Waals surface area contributed by atoms with Crippen LogP contribution in [0.4, 0.5) is 104 Å². The molecule has 1 nitrogen and oxygen atoms in total. The molecule has 1 aliphatic carbocycles. The van der Waals surface area contributed by atoms with E-state index in [1.165, 1.54) is 32.2 Å². The summed E-state index contributed by atoms with van der Waals surface area (Å²) in [7, 11) is -36.0. The van der Waals surface area contributed by atoms with E-state index in [0.29, 0.717) is 0 Å². The molecule has 0 unspecified atom stereocenters. The van der Waals surface area contributed by atoms with E-state index in [2.05, 4.69) is 60.6 Å². The second kappa shape index (κ2) is 28.7. The highest BCUT2D eigenvalue weighted by atomic mass is 19.5. The average Bonchev–Trinajstić information content (AvgIpc) is 2.73. The fourth-order valence-corrected chi connectivity index (χ4v) is 1.58. The predicted octanol–water partition coefficient (Wildman–Crippen LogP) is 11.9. The van der Waals surface area contributed by atoms with Gasteiger partial charge in [0, 0.05) is 13.1 Å². The minimum Gasteiger partial charge on any atom is -0.418 e. The molecule has 1 heterocycles. The lowest BCUT2D eigenvalue weighted by atomic mass is 10.2. The maximum absolute atomic E-state index is 9.75. The van der Waals surface area contributed by atoms with Crippen molar-refractivity contribution in [2.24, 2.45) is 0 Å². The molecule has 0 spiro atoms. The Morgan fingerprint density at radius 3 is 0.804 bits per heavy atom. The van der Waals surface area contributed by atoms with Gasteiger partial charge in [-0.15, -0.1) is 0 Å². The molecule has 280 valence electrons. The molecule has 31 heteroatoms. The third-order valence-electron chi connectivity index (χ3n) is 2.57. The first-order chi connectivity index (χ1) is 19.9. The van der Waals surface area contributed by atoms with Gasteiger partial charge < -0.3 is 108 Å². The van der Waals surface area contributed by atoms with Crippen LogP contribution >= 0.6 is 0 Å². The van der Waals surface area contributed by atoms with Crippen LogP contribution < -0.4 is 0 Å². The second-order valence-electron chi connectivity index (χ2n) is 7.02. The Bertz CT molecular complexity index is 639. The van der Waals surface area contributed by atoms with Crippen LogP contribution in [-0.4, -0.2) is 61.5 Å². The Hall–Kier alpha value is -2.53. The van der Waals surface area contributed by atoms with Crippen molar-refractivity contribution >= 4 is 43.5 Å². The van der Waals surface area contributed by atoms with Crippen molar-refractivity contribution in [3.05, 3.63) is 48.7 Å².